The topological polar surface area (TPSA) is 32.3 Å². The minimum Gasteiger partial charge on any atom is -0.395 e. The molecule has 2 atom stereocenters. The molecule has 18 heavy (non-hydrogen) atoms. The largest absolute Gasteiger partial charge is 0.395 e. The van der Waals surface area contributed by atoms with Crippen LogP contribution < -0.4 is 5.32 Å². The van der Waals surface area contributed by atoms with Crippen molar-refractivity contribution in [2.45, 2.75) is 32.4 Å². The molecule has 0 bridgehead atoms. The Hall–Kier alpha value is -1.38. The van der Waals surface area contributed by atoms with Crippen molar-refractivity contribution < 1.29 is 5.11 Å². The van der Waals surface area contributed by atoms with Crippen molar-refractivity contribution in [1.29, 1.82) is 0 Å². The number of fused-ring (bicyclic) bond motifs is 1. The van der Waals surface area contributed by atoms with Crippen molar-refractivity contribution in [3.8, 4) is 0 Å². The van der Waals surface area contributed by atoms with Crippen LogP contribution in [-0.2, 0) is 0 Å². The van der Waals surface area contributed by atoms with E-state index in [1.165, 1.54) is 16.3 Å². The van der Waals surface area contributed by atoms with Gasteiger partial charge in [0, 0.05) is 12.1 Å². The zero-order valence-corrected chi connectivity index (χ0v) is 11.1. The lowest BCUT2D eigenvalue weighted by Crippen LogP contribution is -2.33. The minimum absolute atomic E-state index is 0.173. The summed E-state index contributed by atoms with van der Waals surface area (Å²) in [7, 11) is 0. The van der Waals surface area contributed by atoms with E-state index in [0.29, 0.717) is 0 Å². The van der Waals surface area contributed by atoms with E-state index >= 15 is 0 Å². The first-order valence-electron chi connectivity index (χ1n) is 6.60. The zero-order chi connectivity index (χ0) is 13.0. The van der Waals surface area contributed by atoms with E-state index in [4.69, 9.17) is 0 Å². The number of hydrogen-bond acceptors (Lipinski definition) is 2. The third-order valence-electron chi connectivity index (χ3n) is 3.47. The van der Waals surface area contributed by atoms with Gasteiger partial charge in [-0.05, 0) is 35.7 Å². The summed E-state index contributed by atoms with van der Waals surface area (Å²) in [5, 5.41) is 15.2. The van der Waals surface area contributed by atoms with Crippen LogP contribution in [0, 0.1) is 0 Å². The molecule has 0 spiro atoms. The molecule has 0 fully saturated rings. The number of nitrogens with one attached hydrogen (secondary N) is 1. The monoisotopic (exact) mass is 243 g/mol. The molecular weight excluding hydrogens is 222 g/mol. The number of aliphatic hydroxyl groups excluding tert-OH is 1. The standard InChI is InChI=1S/C16H21NO/c1-3-16(11-18)17-12(2)14-9-8-13-6-4-5-7-15(13)10-14/h4-10,12,16-18H,3,11H2,1-2H3/t12?,16-/m0/s1. The summed E-state index contributed by atoms with van der Waals surface area (Å²) >= 11 is 0. The molecule has 0 aromatic heterocycles. The molecule has 0 saturated heterocycles. The molecule has 2 N–H and O–H groups in total. The number of aliphatic hydroxyl groups is 1. The van der Waals surface area contributed by atoms with E-state index in [1.54, 1.807) is 0 Å². The molecule has 2 heteroatoms. The maximum Gasteiger partial charge on any atom is 0.0584 e. The number of hydrogen-bond donors (Lipinski definition) is 2. The SMILES string of the molecule is CC[C@@H](CO)NC(C)c1ccc2ccccc2c1. The van der Waals surface area contributed by atoms with Gasteiger partial charge in [-0.15, -0.1) is 0 Å². The Morgan fingerprint density at radius 1 is 1.11 bits per heavy atom. The molecule has 2 aromatic carbocycles. The second kappa shape index (κ2) is 5.98. The van der Waals surface area contributed by atoms with Gasteiger partial charge in [0.15, 0.2) is 0 Å². The van der Waals surface area contributed by atoms with Crippen LogP contribution in [0.5, 0.6) is 0 Å². The highest BCUT2D eigenvalue weighted by molar-refractivity contribution is 5.83. The van der Waals surface area contributed by atoms with Crippen LogP contribution in [0.4, 0.5) is 0 Å². The summed E-state index contributed by atoms with van der Waals surface area (Å²) in [6, 6.07) is 15.3. The second-order valence-corrected chi connectivity index (χ2v) is 4.78. The molecule has 0 heterocycles. The molecule has 2 aromatic rings. The molecular formula is C16H21NO. The van der Waals surface area contributed by atoms with Crippen LogP contribution in [0.2, 0.25) is 0 Å². The molecule has 0 aliphatic carbocycles. The van der Waals surface area contributed by atoms with Crippen LogP contribution >= 0.6 is 0 Å². The lowest BCUT2D eigenvalue weighted by Gasteiger charge is -2.21. The Morgan fingerprint density at radius 3 is 2.50 bits per heavy atom. The number of rotatable bonds is 5. The van der Waals surface area contributed by atoms with Gasteiger partial charge in [-0.25, -0.2) is 0 Å². The summed E-state index contributed by atoms with van der Waals surface area (Å²) in [5.41, 5.74) is 1.26. The molecule has 0 aliphatic heterocycles. The lowest BCUT2D eigenvalue weighted by atomic mass is 10.0. The van der Waals surface area contributed by atoms with E-state index in [-0.39, 0.29) is 18.7 Å². The maximum absolute atomic E-state index is 9.23. The highest BCUT2D eigenvalue weighted by atomic mass is 16.3. The van der Waals surface area contributed by atoms with Crippen molar-refractivity contribution in [1.82, 2.24) is 5.32 Å². The van der Waals surface area contributed by atoms with E-state index in [2.05, 4.69) is 61.6 Å². The quantitative estimate of drug-likeness (QED) is 0.844. The Balaban J connectivity index is 2.19. The Kier molecular flexibility index (Phi) is 4.34. The normalized spacial score (nSPS) is 14.6. The van der Waals surface area contributed by atoms with Gasteiger partial charge in [-0.3, -0.25) is 0 Å². The first kappa shape index (κ1) is 13.1. The third kappa shape index (κ3) is 2.89. The van der Waals surface area contributed by atoms with Gasteiger partial charge >= 0.3 is 0 Å². The Morgan fingerprint density at radius 2 is 1.83 bits per heavy atom. The van der Waals surface area contributed by atoms with Crippen molar-refractivity contribution in [3.63, 3.8) is 0 Å². The molecule has 96 valence electrons. The molecule has 0 saturated carbocycles. The summed E-state index contributed by atoms with van der Waals surface area (Å²) in [4.78, 5) is 0. The van der Waals surface area contributed by atoms with E-state index in [9.17, 15) is 5.11 Å². The fraction of sp³-hybridized carbons (Fsp3) is 0.375. The molecule has 2 nitrogen and oxygen atoms in total. The van der Waals surface area contributed by atoms with Gasteiger partial charge in [-0.2, -0.15) is 0 Å². The van der Waals surface area contributed by atoms with Gasteiger partial charge in [-0.1, -0.05) is 43.3 Å². The van der Waals surface area contributed by atoms with Crippen LogP contribution in [-0.4, -0.2) is 17.8 Å². The third-order valence-corrected chi connectivity index (χ3v) is 3.47. The maximum atomic E-state index is 9.23. The van der Waals surface area contributed by atoms with Gasteiger partial charge in [0.2, 0.25) is 0 Å². The van der Waals surface area contributed by atoms with Gasteiger partial charge in [0.25, 0.3) is 0 Å². The predicted molar refractivity (Wildman–Crippen MR) is 76.7 cm³/mol. The van der Waals surface area contributed by atoms with Crippen molar-refractivity contribution in [3.05, 3.63) is 48.0 Å². The molecule has 2 rings (SSSR count). The highest BCUT2D eigenvalue weighted by Crippen LogP contribution is 2.20. The fourth-order valence-electron chi connectivity index (χ4n) is 2.23. The summed E-state index contributed by atoms with van der Waals surface area (Å²) in [6.45, 7) is 4.41. The van der Waals surface area contributed by atoms with Crippen LogP contribution in [0.25, 0.3) is 10.8 Å². The Bertz CT molecular complexity index is 505. The zero-order valence-electron chi connectivity index (χ0n) is 11.1. The molecule has 1 unspecified atom stereocenters. The first-order chi connectivity index (χ1) is 8.74. The van der Waals surface area contributed by atoms with Gasteiger partial charge in [0.05, 0.1) is 6.61 Å². The average molecular weight is 243 g/mol. The molecule has 0 amide bonds. The van der Waals surface area contributed by atoms with Crippen molar-refractivity contribution in [2.24, 2.45) is 0 Å². The summed E-state index contributed by atoms with van der Waals surface area (Å²) < 4.78 is 0. The second-order valence-electron chi connectivity index (χ2n) is 4.78. The smallest absolute Gasteiger partial charge is 0.0584 e. The van der Waals surface area contributed by atoms with Gasteiger partial charge < -0.3 is 10.4 Å². The minimum atomic E-state index is 0.173. The molecule has 0 aliphatic rings. The first-order valence-corrected chi connectivity index (χ1v) is 6.60. The fourth-order valence-corrected chi connectivity index (χ4v) is 2.23. The molecule has 0 radical (unpaired) electrons. The van der Waals surface area contributed by atoms with Crippen LogP contribution in [0.1, 0.15) is 31.9 Å². The number of benzene rings is 2. The van der Waals surface area contributed by atoms with Crippen molar-refractivity contribution in [2.75, 3.05) is 6.61 Å². The van der Waals surface area contributed by atoms with Crippen LogP contribution in [0.3, 0.4) is 0 Å². The van der Waals surface area contributed by atoms with E-state index in [1.807, 2.05) is 0 Å². The lowest BCUT2D eigenvalue weighted by molar-refractivity contribution is 0.230. The predicted octanol–water partition coefficient (Wildman–Crippen LogP) is 3.26. The van der Waals surface area contributed by atoms with Crippen LogP contribution in [0.15, 0.2) is 42.5 Å². The highest BCUT2D eigenvalue weighted by Gasteiger charge is 2.11. The van der Waals surface area contributed by atoms with E-state index < -0.39 is 0 Å². The van der Waals surface area contributed by atoms with E-state index in [0.717, 1.165) is 6.42 Å². The average Bonchev–Trinajstić information content (AvgIpc) is 2.44. The van der Waals surface area contributed by atoms with Crippen molar-refractivity contribution >= 4 is 10.8 Å². The Labute approximate surface area is 109 Å². The van der Waals surface area contributed by atoms with Gasteiger partial charge in [0.1, 0.15) is 0 Å². The summed E-state index contributed by atoms with van der Waals surface area (Å²) in [6.07, 6.45) is 0.939. The summed E-state index contributed by atoms with van der Waals surface area (Å²) in [5.74, 6) is 0.